The number of aliphatic imine (C=N–C) groups is 2. The van der Waals surface area contributed by atoms with E-state index in [9.17, 15) is 0 Å². The summed E-state index contributed by atoms with van der Waals surface area (Å²) in [7, 11) is 0. The van der Waals surface area contributed by atoms with Crippen molar-refractivity contribution in [1.29, 1.82) is 0 Å². The number of hydrogen-bond donors (Lipinski definition) is 3. The van der Waals surface area contributed by atoms with Crippen molar-refractivity contribution < 1.29 is 0 Å². The van der Waals surface area contributed by atoms with Gasteiger partial charge in [0.25, 0.3) is 0 Å². The first-order valence-corrected chi connectivity index (χ1v) is 4.58. The van der Waals surface area contributed by atoms with Gasteiger partial charge in [-0.1, -0.05) is 13.8 Å². The summed E-state index contributed by atoms with van der Waals surface area (Å²) in [5.74, 6) is 0.571. The highest BCUT2D eigenvalue weighted by Crippen LogP contribution is 1.83. The SMILES string of the molecule is CCCN=C(N=C(N)N)NCCC. The summed E-state index contributed by atoms with van der Waals surface area (Å²) in [5, 5.41) is 3.04. The highest BCUT2D eigenvalue weighted by molar-refractivity contribution is 5.93. The van der Waals surface area contributed by atoms with Crippen molar-refractivity contribution in [2.24, 2.45) is 21.5 Å². The second-order valence-corrected chi connectivity index (χ2v) is 2.67. The first-order valence-electron chi connectivity index (χ1n) is 4.58. The van der Waals surface area contributed by atoms with Crippen LogP contribution in [0.4, 0.5) is 0 Å². The molecule has 0 bridgehead atoms. The Bertz CT molecular complexity index is 181. The highest BCUT2D eigenvalue weighted by Gasteiger charge is 1.93. The minimum absolute atomic E-state index is 0.0402. The smallest absolute Gasteiger partial charge is 0.221 e. The van der Waals surface area contributed by atoms with Gasteiger partial charge >= 0.3 is 0 Å². The number of nitrogens with one attached hydrogen (secondary N) is 1. The lowest BCUT2D eigenvalue weighted by Gasteiger charge is -2.03. The molecule has 0 atom stereocenters. The maximum atomic E-state index is 5.24. The van der Waals surface area contributed by atoms with Crippen LogP contribution >= 0.6 is 0 Å². The number of guanidine groups is 2. The molecule has 5 heteroatoms. The fraction of sp³-hybridized carbons (Fsp3) is 0.750. The summed E-state index contributed by atoms with van der Waals surface area (Å²) in [4.78, 5) is 8.04. The summed E-state index contributed by atoms with van der Waals surface area (Å²) in [5.41, 5.74) is 10.5. The van der Waals surface area contributed by atoms with E-state index in [1.807, 2.05) is 0 Å². The van der Waals surface area contributed by atoms with Gasteiger partial charge in [-0.15, -0.1) is 0 Å². The Kier molecular flexibility index (Phi) is 6.68. The standard InChI is InChI=1S/C8H19N5/c1-3-5-11-8(12-6-4-2)13-7(9)10/h3-6H2,1-2H3,(H5,9,10,11,12,13). The first kappa shape index (κ1) is 11.7. The monoisotopic (exact) mass is 185 g/mol. The van der Waals surface area contributed by atoms with Crippen LogP contribution in [0.3, 0.4) is 0 Å². The minimum Gasteiger partial charge on any atom is -0.370 e. The van der Waals surface area contributed by atoms with Crippen LogP contribution < -0.4 is 16.8 Å². The Hall–Kier alpha value is -1.26. The van der Waals surface area contributed by atoms with E-state index in [4.69, 9.17) is 11.5 Å². The lowest BCUT2D eigenvalue weighted by Crippen LogP contribution is -2.30. The van der Waals surface area contributed by atoms with Gasteiger partial charge in [0.05, 0.1) is 0 Å². The van der Waals surface area contributed by atoms with Crippen molar-refractivity contribution in [3.63, 3.8) is 0 Å². The molecule has 0 unspecified atom stereocenters. The lowest BCUT2D eigenvalue weighted by molar-refractivity contribution is 0.819. The molecule has 13 heavy (non-hydrogen) atoms. The lowest BCUT2D eigenvalue weighted by atomic mass is 10.5. The third-order valence-electron chi connectivity index (χ3n) is 1.25. The summed E-state index contributed by atoms with van der Waals surface area (Å²) in [6.45, 7) is 5.69. The first-order chi connectivity index (χ1) is 6.20. The van der Waals surface area contributed by atoms with Crippen molar-refractivity contribution in [3.05, 3.63) is 0 Å². The third kappa shape index (κ3) is 7.11. The molecule has 0 spiro atoms. The molecule has 5 N–H and O–H groups in total. The maximum Gasteiger partial charge on any atom is 0.221 e. The minimum atomic E-state index is 0.0402. The van der Waals surface area contributed by atoms with Crippen LogP contribution in [0.15, 0.2) is 9.98 Å². The zero-order valence-electron chi connectivity index (χ0n) is 8.38. The quantitative estimate of drug-likeness (QED) is 0.426. The fourth-order valence-corrected chi connectivity index (χ4v) is 0.708. The van der Waals surface area contributed by atoms with Gasteiger partial charge in [-0.2, -0.15) is 4.99 Å². The summed E-state index contributed by atoms with van der Waals surface area (Å²) in [6.07, 6.45) is 2.00. The average Bonchev–Trinajstić information content (AvgIpc) is 2.09. The molecule has 0 aromatic heterocycles. The molecule has 0 aromatic rings. The summed E-state index contributed by atoms with van der Waals surface area (Å²) >= 11 is 0. The van der Waals surface area contributed by atoms with Crippen LogP contribution in [0.2, 0.25) is 0 Å². The zero-order valence-corrected chi connectivity index (χ0v) is 8.38. The third-order valence-corrected chi connectivity index (χ3v) is 1.25. The molecule has 0 saturated carbocycles. The molecular weight excluding hydrogens is 166 g/mol. The van der Waals surface area contributed by atoms with Crippen molar-refractivity contribution >= 4 is 11.9 Å². The number of hydrogen-bond acceptors (Lipinski definition) is 1. The van der Waals surface area contributed by atoms with E-state index in [0.29, 0.717) is 5.96 Å². The fourth-order valence-electron chi connectivity index (χ4n) is 0.708. The van der Waals surface area contributed by atoms with E-state index in [0.717, 1.165) is 25.9 Å². The maximum absolute atomic E-state index is 5.24. The van der Waals surface area contributed by atoms with E-state index in [1.165, 1.54) is 0 Å². The summed E-state index contributed by atoms with van der Waals surface area (Å²) in [6, 6.07) is 0. The molecule has 0 amide bonds. The van der Waals surface area contributed by atoms with Gasteiger partial charge in [-0.25, -0.2) is 0 Å². The van der Waals surface area contributed by atoms with E-state index >= 15 is 0 Å². The molecule has 0 rings (SSSR count). The largest absolute Gasteiger partial charge is 0.370 e. The Labute approximate surface area is 79.3 Å². The predicted molar refractivity (Wildman–Crippen MR) is 56.7 cm³/mol. The second-order valence-electron chi connectivity index (χ2n) is 2.67. The van der Waals surface area contributed by atoms with Crippen molar-refractivity contribution in [2.75, 3.05) is 13.1 Å². The van der Waals surface area contributed by atoms with Crippen LogP contribution in [0.25, 0.3) is 0 Å². The molecule has 0 aliphatic rings. The Morgan fingerprint density at radius 1 is 1.23 bits per heavy atom. The van der Waals surface area contributed by atoms with Gasteiger partial charge in [-0.3, -0.25) is 4.99 Å². The van der Waals surface area contributed by atoms with Crippen LogP contribution in [-0.2, 0) is 0 Å². The molecule has 0 aromatic carbocycles. The Balaban J connectivity index is 4.10. The summed E-state index contributed by atoms with van der Waals surface area (Å²) < 4.78 is 0. The van der Waals surface area contributed by atoms with Crippen LogP contribution in [0, 0.1) is 0 Å². The van der Waals surface area contributed by atoms with E-state index in [1.54, 1.807) is 0 Å². The van der Waals surface area contributed by atoms with Crippen molar-refractivity contribution in [3.8, 4) is 0 Å². The average molecular weight is 185 g/mol. The van der Waals surface area contributed by atoms with Gasteiger partial charge < -0.3 is 16.8 Å². The van der Waals surface area contributed by atoms with Gasteiger partial charge in [-0.05, 0) is 12.8 Å². The highest BCUT2D eigenvalue weighted by atomic mass is 15.2. The van der Waals surface area contributed by atoms with Gasteiger partial charge in [0, 0.05) is 13.1 Å². The van der Waals surface area contributed by atoms with Gasteiger partial charge in [0.15, 0.2) is 5.96 Å². The number of rotatable bonds is 4. The molecule has 76 valence electrons. The van der Waals surface area contributed by atoms with Crippen molar-refractivity contribution in [2.45, 2.75) is 26.7 Å². The van der Waals surface area contributed by atoms with E-state index in [2.05, 4.69) is 29.1 Å². The molecular formula is C8H19N5. The molecule has 0 saturated heterocycles. The van der Waals surface area contributed by atoms with E-state index in [-0.39, 0.29) is 5.96 Å². The number of nitrogens with zero attached hydrogens (tertiary/aromatic N) is 2. The van der Waals surface area contributed by atoms with Crippen LogP contribution in [0.1, 0.15) is 26.7 Å². The zero-order chi connectivity index (χ0) is 10.1. The molecule has 0 heterocycles. The van der Waals surface area contributed by atoms with E-state index < -0.39 is 0 Å². The molecule has 0 aliphatic carbocycles. The van der Waals surface area contributed by atoms with Crippen LogP contribution in [-0.4, -0.2) is 25.0 Å². The molecule has 0 aliphatic heterocycles. The molecule has 0 fully saturated rings. The second kappa shape index (κ2) is 7.39. The van der Waals surface area contributed by atoms with Gasteiger partial charge in [0.2, 0.25) is 5.96 Å². The molecule has 0 radical (unpaired) electrons. The van der Waals surface area contributed by atoms with Crippen molar-refractivity contribution in [1.82, 2.24) is 5.32 Å². The predicted octanol–water partition coefficient (Wildman–Crippen LogP) is 0.0254. The molecule has 5 nitrogen and oxygen atoms in total. The Morgan fingerprint density at radius 2 is 1.92 bits per heavy atom. The number of nitrogens with two attached hydrogens (primary N) is 2. The van der Waals surface area contributed by atoms with Crippen LogP contribution in [0.5, 0.6) is 0 Å². The topological polar surface area (TPSA) is 88.8 Å². The normalized spacial score (nSPS) is 11.1. The van der Waals surface area contributed by atoms with Gasteiger partial charge in [0.1, 0.15) is 0 Å². The Morgan fingerprint density at radius 3 is 2.38 bits per heavy atom.